The largest absolute Gasteiger partial charge is 0.497 e. The minimum atomic E-state index is -0.0000433. The van der Waals surface area contributed by atoms with E-state index in [1.165, 1.54) is 25.7 Å². The zero-order chi connectivity index (χ0) is 16.9. The first-order chi connectivity index (χ1) is 11.2. The van der Waals surface area contributed by atoms with Gasteiger partial charge >= 0.3 is 0 Å². The van der Waals surface area contributed by atoms with Crippen LogP contribution < -0.4 is 10.2 Å². The Morgan fingerprint density at radius 2 is 1.70 bits per heavy atom. The summed E-state index contributed by atoms with van der Waals surface area (Å²) < 4.78 is 5.15. The minimum absolute atomic E-state index is 0.0000433. The van der Waals surface area contributed by atoms with Gasteiger partial charge in [0.15, 0.2) is 0 Å². The Balaban J connectivity index is 2.38. The van der Waals surface area contributed by atoms with Crippen LogP contribution in [-0.4, -0.2) is 18.7 Å². The predicted octanol–water partition coefficient (Wildman–Crippen LogP) is 4.68. The maximum atomic E-state index is 11.8. The van der Waals surface area contributed by atoms with Gasteiger partial charge in [-0.05, 0) is 42.7 Å². The third kappa shape index (κ3) is 7.82. The normalized spacial score (nSPS) is 11.3. The molecule has 0 fully saturated rings. The predicted molar refractivity (Wildman–Crippen MR) is 96.0 cm³/mol. The van der Waals surface area contributed by atoms with Crippen LogP contribution in [0.25, 0.3) is 0 Å². The first-order valence-corrected chi connectivity index (χ1v) is 8.71. The topological polar surface area (TPSA) is 50.7 Å². The van der Waals surface area contributed by atoms with Crippen LogP contribution in [0.3, 0.4) is 0 Å². The minimum Gasteiger partial charge on any atom is -0.497 e. The molecule has 4 nitrogen and oxygen atoms in total. The van der Waals surface area contributed by atoms with Crippen LogP contribution >= 0.6 is 0 Å². The maximum absolute atomic E-state index is 11.8. The number of rotatable bonds is 11. The summed E-state index contributed by atoms with van der Waals surface area (Å²) in [5.41, 5.74) is 4.57. The van der Waals surface area contributed by atoms with E-state index in [4.69, 9.17) is 4.74 Å². The van der Waals surface area contributed by atoms with E-state index in [0.717, 1.165) is 36.3 Å². The third-order valence-electron chi connectivity index (χ3n) is 3.83. The van der Waals surface area contributed by atoms with Crippen LogP contribution in [0.2, 0.25) is 0 Å². The molecular weight excluding hydrogens is 288 g/mol. The molecule has 1 aromatic rings. The number of benzene rings is 1. The van der Waals surface area contributed by atoms with E-state index < -0.39 is 0 Å². The summed E-state index contributed by atoms with van der Waals surface area (Å²) >= 11 is 0. The number of carbonyl (C=O) groups is 1. The quantitative estimate of drug-likeness (QED) is 0.366. The van der Waals surface area contributed by atoms with Gasteiger partial charge in [0.2, 0.25) is 5.91 Å². The first-order valence-electron chi connectivity index (χ1n) is 8.71. The number of hydrogen-bond donors (Lipinski definition) is 1. The van der Waals surface area contributed by atoms with Crippen molar-refractivity contribution in [3.8, 4) is 5.75 Å². The molecule has 1 N–H and O–H groups in total. The van der Waals surface area contributed by atoms with E-state index in [2.05, 4.69) is 17.5 Å². The lowest BCUT2D eigenvalue weighted by atomic mass is 10.1. The Morgan fingerprint density at radius 1 is 1.04 bits per heavy atom. The Morgan fingerprint density at radius 3 is 2.30 bits per heavy atom. The SMILES string of the molecule is CCCCCCCCC(=O)N/N=C(\CC)c1ccc(OC)cc1. The van der Waals surface area contributed by atoms with Gasteiger partial charge in [0, 0.05) is 6.42 Å². The number of ether oxygens (including phenoxy) is 1. The lowest BCUT2D eigenvalue weighted by molar-refractivity contribution is -0.121. The van der Waals surface area contributed by atoms with Crippen molar-refractivity contribution in [3.63, 3.8) is 0 Å². The fraction of sp³-hybridized carbons (Fsp3) is 0.579. The zero-order valence-corrected chi connectivity index (χ0v) is 14.7. The van der Waals surface area contributed by atoms with E-state index in [-0.39, 0.29) is 5.91 Å². The standard InChI is InChI=1S/C19H30N2O2/c1-4-6-7-8-9-10-11-19(22)21-20-18(5-2)16-12-14-17(23-3)15-13-16/h12-15H,4-11H2,1-3H3,(H,21,22)/b20-18+. The third-order valence-corrected chi connectivity index (χ3v) is 3.83. The molecule has 0 aliphatic heterocycles. The summed E-state index contributed by atoms with van der Waals surface area (Å²) in [6.07, 6.45) is 8.41. The Hall–Kier alpha value is -1.84. The summed E-state index contributed by atoms with van der Waals surface area (Å²) in [6, 6.07) is 7.72. The molecule has 0 atom stereocenters. The molecule has 0 aromatic heterocycles. The molecule has 23 heavy (non-hydrogen) atoms. The summed E-state index contributed by atoms with van der Waals surface area (Å²) in [4.78, 5) is 11.8. The van der Waals surface area contributed by atoms with Crippen LogP contribution in [0, 0.1) is 0 Å². The molecule has 0 spiro atoms. The number of carbonyl (C=O) groups excluding carboxylic acids is 1. The number of unbranched alkanes of at least 4 members (excludes halogenated alkanes) is 5. The smallest absolute Gasteiger partial charge is 0.240 e. The highest BCUT2D eigenvalue weighted by Gasteiger charge is 2.04. The summed E-state index contributed by atoms with van der Waals surface area (Å²) in [6.45, 7) is 4.24. The molecule has 0 saturated carbocycles. The maximum Gasteiger partial charge on any atom is 0.240 e. The molecule has 4 heteroatoms. The number of nitrogens with zero attached hydrogens (tertiary/aromatic N) is 1. The molecule has 1 aromatic carbocycles. The van der Waals surface area contributed by atoms with Gasteiger partial charge < -0.3 is 4.74 Å². The van der Waals surface area contributed by atoms with Crippen molar-refractivity contribution in [2.45, 2.75) is 65.2 Å². The van der Waals surface area contributed by atoms with Crippen molar-refractivity contribution < 1.29 is 9.53 Å². The van der Waals surface area contributed by atoms with Crippen molar-refractivity contribution >= 4 is 11.6 Å². The summed E-state index contributed by atoms with van der Waals surface area (Å²) in [7, 11) is 1.65. The van der Waals surface area contributed by atoms with Crippen molar-refractivity contribution in [1.82, 2.24) is 5.43 Å². The Kier molecular flexibility index (Phi) is 9.76. The second-order valence-corrected chi connectivity index (χ2v) is 5.69. The number of methoxy groups -OCH3 is 1. The average molecular weight is 318 g/mol. The molecule has 0 radical (unpaired) electrons. The monoisotopic (exact) mass is 318 g/mol. The van der Waals surface area contributed by atoms with Gasteiger partial charge in [-0.25, -0.2) is 5.43 Å². The second kappa shape index (κ2) is 11.7. The van der Waals surface area contributed by atoms with Gasteiger partial charge in [-0.1, -0.05) is 46.0 Å². The van der Waals surface area contributed by atoms with Crippen LogP contribution in [0.15, 0.2) is 29.4 Å². The highest BCUT2D eigenvalue weighted by Crippen LogP contribution is 2.13. The fourth-order valence-corrected chi connectivity index (χ4v) is 2.38. The average Bonchev–Trinajstić information content (AvgIpc) is 2.59. The number of nitrogens with one attached hydrogen (secondary N) is 1. The molecule has 0 saturated heterocycles. The van der Waals surface area contributed by atoms with E-state index in [1.54, 1.807) is 7.11 Å². The van der Waals surface area contributed by atoms with Crippen LogP contribution in [0.4, 0.5) is 0 Å². The molecule has 0 unspecified atom stereocenters. The second-order valence-electron chi connectivity index (χ2n) is 5.69. The molecular formula is C19H30N2O2. The lowest BCUT2D eigenvalue weighted by Gasteiger charge is -2.06. The summed E-state index contributed by atoms with van der Waals surface area (Å²) in [5, 5.41) is 4.27. The molecule has 0 bridgehead atoms. The van der Waals surface area contributed by atoms with Crippen LogP contribution in [-0.2, 0) is 4.79 Å². The molecule has 128 valence electrons. The number of amides is 1. The molecule has 0 aliphatic rings. The van der Waals surface area contributed by atoms with E-state index in [9.17, 15) is 4.79 Å². The first kappa shape index (κ1) is 19.2. The Bertz CT molecular complexity index is 481. The van der Waals surface area contributed by atoms with Gasteiger partial charge in [-0.15, -0.1) is 0 Å². The molecule has 0 aliphatic carbocycles. The van der Waals surface area contributed by atoms with Gasteiger partial charge in [-0.3, -0.25) is 4.79 Å². The van der Waals surface area contributed by atoms with E-state index >= 15 is 0 Å². The molecule has 0 heterocycles. The van der Waals surface area contributed by atoms with Crippen molar-refractivity contribution in [2.24, 2.45) is 5.10 Å². The van der Waals surface area contributed by atoms with Crippen LogP contribution in [0.5, 0.6) is 5.75 Å². The van der Waals surface area contributed by atoms with E-state index in [0.29, 0.717) is 6.42 Å². The van der Waals surface area contributed by atoms with E-state index in [1.807, 2.05) is 31.2 Å². The van der Waals surface area contributed by atoms with Crippen molar-refractivity contribution in [3.05, 3.63) is 29.8 Å². The number of hydrazone groups is 1. The van der Waals surface area contributed by atoms with Gasteiger partial charge in [-0.2, -0.15) is 5.10 Å². The highest BCUT2D eigenvalue weighted by molar-refractivity contribution is 6.00. The lowest BCUT2D eigenvalue weighted by Crippen LogP contribution is -2.19. The van der Waals surface area contributed by atoms with Crippen molar-refractivity contribution in [1.29, 1.82) is 0 Å². The van der Waals surface area contributed by atoms with Crippen LogP contribution in [0.1, 0.15) is 70.8 Å². The fourth-order valence-electron chi connectivity index (χ4n) is 2.38. The Labute approximate surface area is 140 Å². The molecule has 1 amide bonds. The highest BCUT2D eigenvalue weighted by atomic mass is 16.5. The van der Waals surface area contributed by atoms with Gasteiger partial charge in [0.1, 0.15) is 5.75 Å². The molecule has 1 rings (SSSR count). The summed E-state index contributed by atoms with van der Waals surface area (Å²) in [5.74, 6) is 0.816. The number of hydrogen-bond acceptors (Lipinski definition) is 3. The van der Waals surface area contributed by atoms with Gasteiger partial charge in [0.25, 0.3) is 0 Å². The van der Waals surface area contributed by atoms with Gasteiger partial charge in [0.05, 0.1) is 12.8 Å². The van der Waals surface area contributed by atoms with Crippen molar-refractivity contribution in [2.75, 3.05) is 7.11 Å². The zero-order valence-electron chi connectivity index (χ0n) is 14.7.